The minimum absolute atomic E-state index is 0.151. The van der Waals surface area contributed by atoms with Gasteiger partial charge in [0.25, 0.3) is 0 Å². The number of aliphatic carboxylic acids is 1. The van der Waals surface area contributed by atoms with Gasteiger partial charge in [-0.15, -0.1) is 0 Å². The van der Waals surface area contributed by atoms with E-state index in [0.717, 1.165) is 6.08 Å². The summed E-state index contributed by atoms with van der Waals surface area (Å²) in [4.78, 5) is 32.1. The summed E-state index contributed by atoms with van der Waals surface area (Å²) in [5.74, 6) is -2.64. The predicted octanol–water partition coefficient (Wildman–Crippen LogP) is 0.678. The van der Waals surface area contributed by atoms with Gasteiger partial charge in [0, 0.05) is 17.7 Å². The molecule has 0 spiro atoms. The number of ether oxygens (including phenoxy) is 2. The second-order valence-corrected chi connectivity index (χ2v) is 3.30. The highest BCUT2D eigenvalue weighted by Crippen LogP contribution is 1.99. The highest BCUT2D eigenvalue weighted by Gasteiger charge is 2.11. The van der Waals surface area contributed by atoms with Gasteiger partial charge in [-0.2, -0.15) is 0 Å². The molecule has 0 saturated heterocycles. The van der Waals surface area contributed by atoms with Crippen molar-refractivity contribution in [2.45, 2.75) is 20.0 Å². The van der Waals surface area contributed by atoms with Gasteiger partial charge in [0.2, 0.25) is 0 Å². The summed E-state index contributed by atoms with van der Waals surface area (Å²) in [6.45, 7) is 6.28. The van der Waals surface area contributed by atoms with Crippen molar-refractivity contribution in [2.75, 3.05) is 6.61 Å². The minimum atomic E-state index is -1.25. The maximum absolute atomic E-state index is 11.1. The highest BCUT2D eigenvalue weighted by atomic mass is 16.6. The molecule has 1 unspecified atom stereocenters. The van der Waals surface area contributed by atoms with Crippen molar-refractivity contribution in [1.82, 2.24) is 0 Å². The van der Waals surface area contributed by atoms with E-state index in [1.807, 2.05) is 0 Å². The number of carbonyl (C=O) groups excluding carboxylic acids is 2. The largest absolute Gasteiger partial charge is 0.478 e. The van der Waals surface area contributed by atoms with Crippen LogP contribution in [0.4, 0.5) is 0 Å². The smallest absolute Gasteiger partial charge is 0.333 e. The molecule has 1 atom stereocenters. The van der Waals surface area contributed by atoms with Crippen molar-refractivity contribution in [3.63, 3.8) is 0 Å². The second-order valence-electron chi connectivity index (χ2n) is 3.30. The molecule has 0 fully saturated rings. The van der Waals surface area contributed by atoms with Crippen LogP contribution in [0.15, 0.2) is 24.3 Å². The van der Waals surface area contributed by atoms with Crippen LogP contribution >= 0.6 is 0 Å². The minimum Gasteiger partial charge on any atom is -0.478 e. The van der Waals surface area contributed by atoms with Crippen molar-refractivity contribution < 1.29 is 29.0 Å². The Labute approximate surface area is 98.5 Å². The molecule has 94 valence electrons. The molecule has 0 heterocycles. The maximum atomic E-state index is 11.1. The number of carboxylic acid groups (broad SMARTS) is 1. The van der Waals surface area contributed by atoms with E-state index in [0.29, 0.717) is 6.08 Å². The third-order valence-corrected chi connectivity index (χ3v) is 1.48. The number of carbonyl (C=O) groups is 3. The van der Waals surface area contributed by atoms with Gasteiger partial charge >= 0.3 is 17.9 Å². The molecule has 6 heteroatoms. The zero-order valence-corrected chi connectivity index (χ0v) is 9.63. The normalized spacial score (nSPS) is 11.9. The lowest BCUT2D eigenvalue weighted by atomic mass is 10.3. The molecule has 17 heavy (non-hydrogen) atoms. The molecule has 0 amide bonds. The summed E-state index contributed by atoms with van der Waals surface area (Å²) in [6, 6.07) is 0. The topological polar surface area (TPSA) is 89.9 Å². The van der Waals surface area contributed by atoms with Crippen LogP contribution in [0.2, 0.25) is 0 Å². The Morgan fingerprint density at radius 1 is 1.35 bits per heavy atom. The van der Waals surface area contributed by atoms with Crippen LogP contribution in [0.25, 0.3) is 0 Å². The van der Waals surface area contributed by atoms with Gasteiger partial charge in [-0.05, 0) is 13.8 Å². The first kappa shape index (κ1) is 14.9. The van der Waals surface area contributed by atoms with Crippen LogP contribution in [-0.4, -0.2) is 35.7 Å². The van der Waals surface area contributed by atoms with E-state index < -0.39 is 24.0 Å². The fourth-order valence-electron chi connectivity index (χ4n) is 0.704. The molecule has 0 aliphatic rings. The van der Waals surface area contributed by atoms with E-state index in [1.54, 1.807) is 0 Å². The molecule has 1 N–H and O–H groups in total. The Morgan fingerprint density at radius 2 is 1.94 bits per heavy atom. The molecule has 6 nitrogen and oxygen atoms in total. The van der Waals surface area contributed by atoms with Crippen LogP contribution in [0, 0.1) is 0 Å². The fraction of sp³-hybridized carbons (Fsp3) is 0.364. The van der Waals surface area contributed by atoms with Crippen molar-refractivity contribution in [3.8, 4) is 0 Å². The lowest BCUT2D eigenvalue weighted by Gasteiger charge is -2.12. The van der Waals surface area contributed by atoms with Crippen LogP contribution in [0.5, 0.6) is 0 Å². The van der Waals surface area contributed by atoms with Crippen LogP contribution in [-0.2, 0) is 23.9 Å². The monoisotopic (exact) mass is 242 g/mol. The highest BCUT2D eigenvalue weighted by molar-refractivity contribution is 5.90. The Kier molecular flexibility index (Phi) is 6.32. The number of esters is 2. The SMILES string of the molecule is C=C(C)C(=O)OC(C)COC(=O)C=CC(=O)O. The first-order chi connectivity index (χ1) is 7.82. The quantitative estimate of drug-likeness (QED) is 0.544. The van der Waals surface area contributed by atoms with Gasteiger partial charge in [0.05, 0.1) is 0 Å². The lowest BCUT2D eigenvalue weighted by Crippen LogP contribution is -2.22. The average Bonchev–Trinajstić information content (AvgIpc) is 2.23. The first-order valence-corrected chi connectivity index (χ1v) is 4.77. The first-order valence-electron chi connectivity index (χ1n) is 4.77. The zero-order valence-electron chi connectivity index (χ0n) is 9.63. The molecule has 0 aliphatic heterocycles. The maximum Gasteiger partial charge on any atom is 0.333 e. The van der Waals surface area contributed by atoms with Gasteiger partial charge in [-0.25, -0.2) is 14.4 Å². The van der Waals surface area contributed by atoms with E-state index in [1.165, 1.54) is 13.8 Å². The summed E-state index contributed by atoms with van der Waals surface area (Å²) in [7, 11) is 0. The second kappa shape index (κ2) is 7.21. The van der Waals surface area contributed by atoms with Gasteiger partial charge in [0.1, 0.15) is 12.7 Å². The number of rotatable bonds is 6. The Bertz CT molecular complexity index is 355. The van der Waals surface area contributed by atoms with Gasteiger partial charge in [-0.3, -0.25) is 0 Å². The lowest BCUT2D eigenvalue weighted by molar-refractivity contribution is -0.152. The van der Waals surface area contributed by atoms with Gasteiger partial charge in [0.15, 0.2) is 0 Å². The van der Waals surface area contributed by atoms with Crippen molar-refractivity contribution >= 4 is 17.9 Å². The average molecular weight is 242 g/mol. The van der Waals surface area contributed by atoms with Crippen LogP contribution in [0.3, 0.4) is 0 Å². The molecule has 0 aromatic carbocycles. The van der Waals surface area contributed by atoms with E-state index in [-0.39, 0.29) is 12.2 Å². The molecule has 0 aromatic heterocycles. The van der Waals surface area contributed by atoms with Crippen LogP contribution in [0.1, 0.15) is 13.8 Å². The number of hydrogen-bond acceptors (Lipinski definition) is 5. The predicted molar refractivity (Wildman–Crippen MR) is 58.1 cm³/mol. The Balaban J connectivity index is 3.96. The van der Waals surface area contributed by atoms with E-state index in [4.69, 9.17) is 9.84 Å². The fourth-order valence-corrected chi connectivity index (χ4v) is 0.704. The number of hydrogen-bond donors (Lipinski definition) is 1. The van der Waals surface area contributed by atoms with Gasteiger partial charge < -0.3 is 14.6 Å². The summed E-state index contributed by atoms with van der Waals surface area (Å²) < 4.78 is 9.47. The van der Waals surface area contributed by atoms with Crippen molar-refractivity contribution in [1.29, 1.82) is 0 Å². The molecular weight excluding hydrogens is 228 g/mol. The molecule has 0 radical (unpaired) electrons. The summed E-state index contributed by atoms with van der Waals surface area (Å²) >= 11 is 0. The Morgan fingerprint density at radius 3 is 2.41 bits per heavy atom. The third-order valence-electron chi connectivity index (χ3n) is 1.48. The Hall–Kier alpha value is -2.11. The van der Waals surface area contributed by atoms with E-state index >= 15 is 0 Å². The molecule has 0 aromatic rings. The summed E-state index contributed by atoms with van der Waals surface area (Å²) in [5.41, 5.74) is 0.244. The van der Waals surface area contributed by atoms with Crippen molar-refractivity contribution in [2.24, 2.45) is 0 Å². The molecule has 0 rings (SSSR count). The van der Waals surface area contributed by atoms with Crippen LogP contribution < -0.4 is 0 Å². The third kappa shape index (κ3) is 7.78. The van der Waals surface area contributed by atoms with Crippen molar-refractivity contribution in [3.05, 3.63) is 24.3 Å². The van der Waals surface area contributed by atoms with E-state index in [9.17, 15) is 14.4 Å². The molecule has 0 bridgehead atoms. The molecule has 0 aliphatic carbocycles. The number of carboxylic acids is 1. The van der Waals surface area contributed by atoms with Gasteiger partial charge in [-0.1, -0.05) is 6.58 Å². The van der Waals surface area contributed by atoms with E-state index in [2.05, 4.69) is 11.3 Å². The standard InChI is InChI=1S/C11H14O6/c1-7(2)11(15)17-8(3)6-16-10(14)5-4-9(12)13/h4-5,8H,1,6H2,2-3H3,(H,12,13). The molecular formula is C11H14O6. The molecule has 0 saturated carbocycles. The summed E-state index contributed by atoms with van der Waals surface area (Å²) in [6.07, 6.45) is 0.809. The summed E-state index contributed by atoms with van der Waals surface area (Å²) in [5, 5.41) is 8.25. The zero-order chi connectivity index (χ0) is 13.4.